The summed E-state index contributed by atoms with van der Waals surface area (Å²) < 4.78 is 5.83. The van der Waals surface area contributed by atoms with Gasteiger partial charge in [0.05, 0.1) is 0 Å². The first-order chi connectivity index (χ1) is 15.0. The molecule has 182 valence electrons. The highest BCUT2D eigenvalue weighted by Crippen LogP contribution is 2.71. The van der Waals surface area contributed by atoms with Crippen molar-refractivity contribution in [3.05, 3.63) is 12.2 Å². The van der Waals surface area contributed by atoms with E-state index in [0.717, 1.165) is 54.8 Å². The Kier molecular flexibility index (Phi) is 6.64. The molecule has 10 unspecified atom stereocenters. The summed E-state index contributed by atoms with van der Waals surface area (Å²) in [5.74, 6) is 5.78. The molecule has 0 aromatic rings. The number of carbonyl (C=O) groups excluding carboxylic acids is 1. The van der Waals surface area contributed by atoms with Crippen LogP contribution >= 0.6 is 0 Å². The van der Waals surface area contributed by atoms with Gasteiger partial charge in [0.1, 0.15) is 6.10 Å². The topological polar surface area (TPSA) is 46.5 Å². The van der Waals surface area contributed by atoms with Gasteiger partial charge in [0.2, 0.25) is 0 Å². The maximum atomic E-state index is 12.1. The van der Waals surface area contributed by atoms with Crippen molar-refractivity contribution in [3.63, 3.8) is 0 Å². The number of carbonyl (C=O) groups is 1. The van der Waals surface area contributed by atoms with Crippen molar-refractivity contribution in [2.45, 2.75) is 99.0 Å². The third-order valence-corrected chi connectivity index (χ3v) is 11.5. The first kappa shape index (κ1) is 24.3. The fraction of sp³-hybridized carbons (Fsp3) is 0.897. The third kappa shape index (κ3) is 3.69. The van der Waals surface area contributed by atoms with Gasteiger partial charge in [-0.2, -0.15) is 0 Å². The Bertz CT molecular complexity index is 730. The van der Waals surface area contributed by atoms with Crippen LogP contribution in [-0.4, -0.2) is 23.8 Å². The van der Waals surface area contributed by atoms with E-state index in [4.69, 9.17) is 4.74 Å². The molecule has 4 rings (SSSR count). The van der Waals surface area contributed by atoms with E-state index in [0.29, 0.717) is 34.8 Å². The number of aliphatic hydroxyl groups excluding tert-OH is 1. The molecule has 4 fully saturated rings. The van der Waals surface area contributed by atoms with Crippen LogP contribution in [0.25, 0.3) is 0 Å². The molecule has 0 amide bonds. The van der Waals surface area contributed by atoms with Gasteiger partial charge in [-0.25, -0.2) is 4.79 Å². The molecule has 4 aliphatic rings. The number of fused-ring (bicyclic) bond motifs is 5. The lowest BCUT2D eigenvalue weighted by Crippen LogP contribution is -2.59. The van der Waals surface area contributed by atoms with E-state index >= 15 is 0 Å². The van der Waals surface area contributed by atoms with E-state index in [1.165, 1.54) is 32.1 Å². The Morgan fingerprint density at radius 1 is 1.12 bits per heavy atom. The molecule has 0 saturated heterocycles. The van der Waals surface area contributed by atoms with Gasteiger partial charge in [-0.15, -0.1) is 0 Å². The van der Waals surface area contributed by atoms with Crippen LogP contribution in [0.15, 0.2) is 12.2 Å². The first-order valence-electron chi connectivity index (χ1n) is 13.5. The van der Waals surface area contributed by atoms with Gasteiger partial charge in [-0.3, -0.25) is 0 Å². The molecular formula is C29H48O3. The molecule has 3 heteroatoms. The van der Waals surface area contributed by atoms with Crippen LogP contribution in [0.5, 0.6) is 0 Å². The van der Waals surface area contributed by atoms with Crippen LogP contribution < -0.4 is 0 Å². The van der Waals surface area contributed by atoms with Gasteiger partial charge in [-0.05, 0) is 116 Å². The minimum Gasteiger partial charge on any atom is -0.459 e. The number of rotatable bonds is 5. The molecule has 1 N–H and O–H groups in total. The fourth-order valence-corrected chi connectivity index (χ4v) is 9.67. The lowest BCUT2D eigenvalue weighted by molar-refractivity contribution is -0.177. The predicted octanol–water partition coefficient (Wildman–Crippen LogP) is 6.64. The molecule has 0 aromatic carbocycles. The van der Waals surface area contributed by atoms with E-state index < -0.39 is 0 Å². The molecule has 0 bridgehead atoms. The average Bonchev–Trinajstić information content (AvgIpc) is 3.08. The molecule has 0 aromatic heterocycles. The van der Waals surface area contributed by atoms with Crippen molar-refractivity contribution in [1.29, 1.82) is 0 Å². The zero-order valence-electron chi connectivity index (χ0n) is 21.5. The highest BCUT2D eigenvalue weighted by Gasteiger charge is 2.64. The fourth-order valence-electron chi connectivity index (χ4n) is 9.67. The number of esters is 1. The van der Waals surface area contributed by atoms with Crippen LogP contribution in [0, 0.1) is 58.2 Å². The molecule has 0 aliphatic heterocycles. The molecular weight excluding hydrogens is 396 g/mol. The van der Waals surface area contributed by atoms with E-state index in [1.807, 2.05) is 0 Å². The number of aliphatic hydroxyl groups is 1. The van der Waals surface area contributed by atoms with Gasteiger partial charge >= 0.3 is 5.97 Å². The quantitative estimate of drug-likeness (QED) is 0.382. The molecule has 0 spiro atoms. The Morgan fingerprint density at radius 3 is 2.50 bits per heavy atom. The van der Waals surface area contributed by atoms with Crippen LogP contribution in [0.2, 0.25) is 0 Å². The Labute approximate surface area is 196 Å². The maximum Gasteiger partial charge on any atom is 0.333 e. The summed E-state index contributed by atoms with van der Waals surface area (Å²) in [6.07, 6.45) is 9.64. The second-order valence-corrected chi connectivity index (χ2v) is 13.0. The summed E-state index contributed by atoms with van der Waals surface area (Å²) in [5.41, 5.74) is 1.32. The van der Waals surface area contributed by atoms with Gasteiger partial charge in [0.25, 0.3) is 0 Å². The van der Waals surface area contributed by atoms with Crippen molar-refractivity contribution in [2.75, 3.05) is 6.61 Å². The smallest absolute Gasteiger partial charge is 0.333 e. The van der Waals surface area contributed by atoms with E-state index in [-0.39, 0.29) is 12.1 Å². The minimum absolute atomic E-state index is 0.0718. The molecule has 0 heterocycles. The van der Waals surface area contributed by atoms with Crippen LogP contribution in [0.4, 0.5) is 0 Å². The molecule has 11 atom stereocenters. The molecule has 4 saturated carbocycles. The van der Waals surface area contributed by atoms with E-state index in [9.17, 15) is 9.90 Å². The van der Waals surface area contributed by atoms with Gasteiger partial charge in [0, 0.05) is 12.2 Å². The maximum absolute atomic E-state index is 12.1. The summed E-state index contributed by atoms with van der Waals surface area (Å²) in [4.78, 5) is 12.1. The summed E-state index contributed by atoms with van der Waals surface area (Å²) in [5, 5.41) is 9.61. The highest BCUT2D eigenvalue weighted by atomic mass is 16.5. The lowest BCUT2D eigenvalue weighted by Gasteiger charge is -2.65. The minimum atomic E-state index is -0.212. The third-order valence-electron chi connectivity index (χ3n) is 11.5. The molecule has 0 radical (unpaired) electrons. The number of ether oxygens (including phenoxy) is 1. The Hall–Kier alpha value is -0.830. The zero-order valence-corrected chi connectivity index (χ0v) is 21.5. The SMILES string of the molecule is C=C(C)C(=O)OC1CCC2(C)C(C1)CC(C)C1C2C[C@H](C)C2(C)C(C(C)CCO)CCC12. The van der Waals surface area contributed by atoms with Crippen LogP contribution in [0.1, 0.15) is 92.9 Å². The lowest BCUT2D eigenvalue weighted by atomic mass is 9.40. The van der Waals surface area contributed by atoms with Crippen molar-refractivity contribution >= 4 is 5.97 Å². The molecule has 3 nitrogen and oxygen atoms in total. The second kappa shape index (κ2) is 8.75. The number of hydrogen-bond acceptors (Lipinski definition) is 3. The summed E-state index contributed by atoms with van der Waals surface area (Å²) >= 11 is 0. The van der Waals surface area contributed by atoms with Crippen molar-refractivity contribution in [3.8, 4) is 0 Å². The highest BCUT2D eigenvalue weighted by molar-refractivity contribution is 5.87. The predicted molar refractivity (Wildman–Crippen MR) is 130 cm³/mol. The monoisotopic (exact) mass is 444 g/mol. The summed E-state index contributed by atoms with van der Waals surface area (Å²) in [6, 6.07) is 0. The number of hydrogen-bond donors (Lipinski definition) is 1. The van der Waals surface area contributed by atoms with Gasteiger partial charge < -0.3 is 9.84 Å². The molecule has 4 aliphatic carbocycles. The standard InChI is InChI=1S/C29H48O3/c1-17(2)27(31)32-22-10-12-28(6)21(16-22)14-19(4)26-24-9-8-23(18(3)11-13-30)29(24,7)20(5)15-25(26)28/h18-26,30H,1,8-16H2,2-7H3/t18?,19?,20-,21?,22?,23?,24?,25?,26?,28?,29?/m0/s1. The zero-order chi connectivity index (χ0) is 23.4. The van der Waals surface area contributed by atoms with E-state index in [2.05, 4.69) is 41.2 Å². The van der Waals surface area contributed by atoms with Gasteiger partial charge in [0.15, 0.2) is 0 Å². The van der Waals surface area contributed by atoms with Crippen molar-refractivity contribution in [1.82, 2.24) is 0 Å². The van der Waals surface area contributed by atoms with Crippen LogP contribution in [-0.2, 0) is 9.53 Å². The normalized spacial score (nSPS) is 48.8. The average molecular weight is 445 g/mol. The van der Waals surface area contributed by atoms with Crippen LogP contribution in [0.3, 0.4) is 0 Å². The Morgan fingerprint density at radius 2 is 1.84 bits per heavy atom. The Balaban J connectivity index is 1.56. The molecule has 32 heavy (non-hydrogen) atoms. The van der Waals surface area contributed by atoms with E-state index in [1.54, 1.807) is 6.92 Å². The second-order valence-electron chi connectivity index (χ2n) is 13.0. The van der Waals surface area contributed by atoms with Crippen molar-refractivity contribution in [2.24, 2.45) is 58.2 Å². The first-order valence-corrected chi connectivity index (χ1v) is 13.5. The largest absolute Gasteiger partial charge is 0.459 e. The summed E-state index contributed by atoms with van der Waals surface area (Å²) in [7, 11) is 0. The van der Waals surface area contributed by atoms with Crippen molar-refractivity contribution < 1.29 is 14.6 Å². The summed E-state index contributed by atoms with van der Waals surface area (Å²) in [6.45, 7) is 18.5. The van der Waals surface area contributed by atoms with Gasteiger partial charge in [-0.1, -0.05) is 41.2 Å².